The summed E-state index contributed by atoms with van der Waals surface area (Å²) in [6.07, 6.45) is 3.50. The van der Waals surface area contributed by atoms with Crippen LogP contribution in [0.15, 0.2) is 53.5 Å². The number of carbonyl (C=O) groups excluding carboxylic acids is 1. The number of ether oxygens (including phenoxy) is 1. The number of benzene rings is 2. The van der Waals surface area contributed by atoms with Gasteiger partial charge in [-0.3, -0.25) is 10.1 Å². The normalized spacial score (nSPS) is 10.6. The maximum Gasteiger partial charge on any atom is 0.326 e. The highest BCUT2D eigenvalue weighted by molar-refractivity contribution is 7.98. The standard InChI is InChI=1S/C22H23ClFN5O3S/c1-33-9-8-25-11-15-7-6-14(10-17(15)23)16-12-26-21(28-20(16)30)29-22(31)27-18-4-2-3-5-19(18)32-13-24/h2-7,10,12,25H,8-9,11,13H2,1H3,(H3,26,27,28,29,30,31). The lowest BCUT2D eigenvalue weighted by Crippen LogP contribution is -2.23. The summed E-state index contributed by atoms with van der Waals surface area (Å²) in [6, 6.07) is 11.1. The lowest BCUT2D eigenvalue weighted by atomic mass is 10.1. The number of nitrogens with one attached hydrogen (secondary N) is 4. The lowest BCUT2D eigenvalue weighted by Gasteiger charge is -2.11. The van der Waals surface area contributed by atoms with Gasteiger partial charge < -0.3 is 20.4 Å². The number of H-pyrrole nitrogens is 1. The Kier molecular flexibility index (Phi) is 9.11. The first-order chi connectivity index (χ1) is 16.0. The third-order valence-corrected chi connectivity index (χ3v) is 5.50. The molecule has 174 valence electrons. The Labute approximate surface area is 199 Å². The number of halogens is 2. The van der Waals surface area contributed by atoms with Crippen LogP contribution in [-0.2, 0) is 6.54 Å². The van der Waals surface area contributed by atoms with Crippen LogP contribution in [0.2, 0.25) is 5.02 Å². The molecule has 0 unspecified atom stereocenters. The van der Waals surface area contributed by atoms with Crippen LogP contribution >= 0.6 is 23.4 Å². The Morgan fingerprint density at radius 2 is 2.06 bits per heavy atom. The Morgan fingerprint density at radius 1 is 1.24 bits per heavy atom. The minimum Gasteiger partial charge on any atom is -0.461 e. The summed E-state index contributed by atoms with van der Waals surface area (Å²) in [5, 5.41) is 8.80. The topological polar surface area (TPSA) is 108 Å². The second kappa shape index (κ2) is 12.2. The molecule has 2 aromatic carbocycles. The Bertz CT molecular complexity index is 1160. The fraction of sp³-hybridized carbons (Fsp3) is 0.227. The van der Waals surface area contributed by atoms with E-state index in [0.29, 0.717) is 22.7 Å². The number of rotatable bonds is 10. The van der Waals surface area contributed by atoms with Crippen LogP contribution in [-0.4, -0.2) is 41.4 Å². The number of amides is 2. The van der Waals surface area contributed by atoms with Crippen LogP contribution in [0.4, 0.5) is 20.8 Å². The first kappa shape index (κ1) is 24.6. The summed E-state index contributed by atoms with van der Waals surface area (Å²) in [4.78, 5) is 31.5. The quantitative estimate of drug-likeness (QED) is 0.311. The number of aromatic amines is 1. The van der Waals surface area contributed by atoms with E-state index in [1.54, 1.807) is 42.1 Å². The second-order valence-corrected chi connectivity index (χ2v) is 8.17. The van der Waals surface area contributed by atoms with Crippen molar-refractivity contribution in [1.82, 2.24) is 15.3 Å². The zero-order chi connectivity index (χ0) is 23.6. The van der Waals surface area contributed by atoms with E-state index in [0.717, 1.165) is 17.9 Å². The summed E-state index contributed by atoms with van der Waals surface area (Å²) < 4.78 is 17.3. The van der Waals surface area contributed by atoms with Crippen molar-refractivity contribution >= 4 is 41.0 Å². The first-order valence-corrected chi connectivity index (χ1v) is 11.7. The zero-order valence-electron chi connectivity index (χ0n) is 17.8. The molecule has 33 heavy (non-hydrogen) atoms. The minimum absolute atomic E-state index is 0.0501. The molecule has 2 amide bonds. The molecular formula is C22H23ClFN5O3S. The van der Waals surface area contributed by atoms with Crippen LogP contribution in [0.5, 0.6) is 5.75 Å². The maximum atomic E-state index is 12.5. The van der Waals surface area contributed by atoms with Crippen molar-refractivity contribution in [2.24, 2.45) is 0 Å². The Hall–Kier alpha value is -3.08. The number of anilines is 2. The molecule has 11 heteroatoms. The predicted molar refractivity (Wildman–Crippen MR) is 131 cm³/mol. The number of aromatic nitrogens is 2. The molecule has 0 aliphatic heterocycles. The van der Waals surface area contributed by atoms with Crippen LogP contribution in [0, 0.1) is 0 Å². The van der Waals surface area contributed by atoms with Crippen molar-refractivity contribution in [3.63, 3.8) is 0 Å². The summed E-state index contributed by atoms with van der Waals surface area (Å²) in [5.74, 6) is 1.13. The molecule has 8 nitrogen and oxygen atoms in total. The van der Waals surface area contributed by atoms with Crippen LogP contribution in [0.25, 0.3) is 11.1 Å². The first-order valence-electron chi connectivity index (χ1n) is 9.95. The van der Waals surface area contributed by atoms with Gasteiger partial charge in [0.15, 0.2) is 0 Å². The van der Waals surface area contributed by atoms with Gasteiger partial charge >= 0.3 is 6.03 Å². The number of nitrogens with zero attached hydrogens (tertiary/aromatic N) is 1. The predicted octanol–water partition coefficient (Wildman–Crippen LogP) is 4.49. The van der Waals surface area contributed by atoms with Crippen molar-refractivity contribution in [3.05, 3.63) is 69.6 Å². The average Bonchev–Trinajstić information content (AvgIpc) is 2.79. The van der Waals surface area contributed by atoms with Crippen LogP contribution in [0.1, 0.15) is 5.56 Å². The van der Waals surface area contributed by atoms with E-state index in [4.69, 9.17) is 16.3 Å². The molecule has 4 N–H and O–H groups in total. The van der Waals surface area contributed by atoms with Gasteiger partial charge in [-0.1, -0.05) is 35.9 Å². The molecule has 0 aliphatic rings. The molecule has 0 atom stereocenters. The molecule has 0 fully saturated rings. The molecule has 3 rings (SSSR count). The fourth-order valence-corrected chi connectivity index (χ4v) is 3.53. The highest BCUT2D eigenvalue weighted by Crippen LogP contribution is 2.25. The van der Waals surface area contributed by atoms with Crippen molar-refractivity contribution in [2.75, 3.05) is 36.0 Å². The van der Waals surface area contributed by atoms with Crippen molar-refractivity contribution in [1.29, 1.82) is 0 Å². The van der Waals surface area contributed by atoms with Gasteiger partial charge in [0.25, 0.3) is 5.56 Å². The molecular weight excluding hydrogens is 469 g/mol. The van der Waals surface area contributed by atoms with E-state index in [-0.39, 0.29) is 17.4 Å². The molecule has 0 aliphatic carbocycles. The number of alkyl halides is 1. The van der Waals surface area contributed by atoms with Crippen LogP contribution < -0.4 is 26.2 Å². The SMILES string of the molecule is CSCCNCc1ccc(-c2c[nH]c(NC(=O)Nc3ccccc3OCF)nc2=O)cc1Cl. The number of carbonyl (C=O) groups is 1. The number of para-hydroxylation sites is 2. The van der Waals surface area contributed by atoms with E-state index in [2.05, 4.69) is 25.9 Å². The van der Waals surface area contributed by atoms with Crippen molar-refractivity contribution in [3.8, 4) is 16.9 Å². The van der Waals surface area contributed by atoms with Gasteiger partial charge in [-0.05, 0) is 35.6 Å². The molecule has 0 spiro atoms. The number of thioether (sulfide) groups is 1. The Balaban J connectivity index is 1.67. The molecule has 1 aromatic heterocycles. The van der Waals surface area contributed by atoms with Gasteiger partial charge in [0, 0.05) is 30.1 Å². The molecule has 0 bridgehead atoms. The number of urea groups is 1. The second-order valence-electron chi connectivity index (χ2n) is 6.77. The molecule has 0 saturated carbocycles. The smallest absolute Gasteiger partial charge is 0.326 e. The largest absolute Gasteiger partial charge is 0.461 e. The highest BCUT2D eigenvalue weighted by atomic mass is 35.5. The fourth-order valence-electron chi connectivity index (χ4n) is 2.94. The highest BCUT2D eigenvalue weighted by Gasteiger charge is 2.12. The van der Waals surface area contributed by atoms with E-state index in [9.17, 15) is 14.0 Å². The zero-order valence-corrected chi connectivity index (χ0v) is 19.4. The summed E-state index contributed by atoms with van der Waals surface area (Å²) in [6.45, 7) is 0.473. The third-order valence-electron chi connectivity index (χ3n) is 4.54. The van der Waals surface area contributed by atoms with Gasteiger partial charge in [-0.2, -0.15) is 16.7 Å². The summed E-state index contributed by atoms with van der Waals surface area (Å²) >= 11 is 8.14. The molecule has 3 aromatic rings. The van der Waals surface area contributed by atoms with Gasteiger partial charge in [0.1, 0.15) is 5.75 Å². The van der Waals surface area contributed by atoms with Gasteiger partial charge in [0.2, 0.25) is 12.8 Å². The summed E-state index contributed by atoms with van der Waals surface area (Å²) in [5.41, 5.74) is 1.58. The monoisotopic (exact) mass is 491 g/mol. The Morgan fingerprint density at radius 3 is 2.79 bits per heavy atom. The summed E-state index contributed by atoms with van der Waals surface area (Å²) in [7, 11) is 0. The average molecular weight is 492 g/mol. The maximum absolute atomic E-state index is 12.5. The van der Waals surface area contributed by atoms with E-state index in [1.807, 2.05) is 12.3 Å². The molecule has 0 radical (unpaired) electrons. The third kappa shape index (κ3) is 6.95. The molecule has 0 saturated heterocycles. The number of hydrogen-bond donors (Lipinski definition) is 4. The van der Waals surface area contributed by atoms with E-state index < -0.39 is 18.5 Å². The van der Waals surface area contributed by atoms with E-state index in [1.165, 1.54) is 12.3 Å². The van der Waals surface area contributed by atoms with E-state index >= 15 is 0 Å². The van der Waals surface area contributed by atoms with Crippen LogP contribution in [0.3, 0.4) is 0 Å². The minimum atomic E-state index is -1.03. The lowest BCUT2D eigenvalue weighted by molar-refractivity contribution is 0.192. The molecule has 1 heterocycles. The van der Waals surface area contributed by atoms with Crippen molar-refractivity contribution < 1.29 is 13.9 Å². The van der Waals surface area contributed by atoms with Gasteiger partial charge in [0.05, 0.1) is 11.3 Å². The van der Waals surface area contributed by atoms with Gasteiger partial charge in [-0.15, -0.1) is 0 Å². The van der Waals surface area contributed by atoms with Gasteiger partial charge in [-0.25, -0.2) is 9.18 Å². The van der Waals surface area contributed by atoms with Crippen molar-refractivity contribution in [2.45, 2.75) is 6.54 Å². The number of hydrogen-bond acceptors (Lipinski definition) is 6.